The van der Waals surface area contributed by atoms with Gasteiger partial charge in [-0.1, -0.05) is 24.3 Å². The van der Waals surface area contributed by atoms with Crippen molar-refractivity contribution in [1.82, 2.24) is 15.1 Å². The van der Waals surface area contributed by atoms with Crippen molar-refractivity contribution in [3.8, 4) is 11.4 Å². The molecule has 0 fully saturated rings. The van der Waals surface area contributed by atoms with Crippen molar-refractivity contribution < 1.29 is 9.13 Å². The fourth-order valence-electron chi connectivity index (χ4n) is 2.85. The molecule has 130 valence electrons. The number of hydrogen-bond donors (Lipinski definition) is 1. The molecule has 0 bridgehead atoms. The van der Waals surface area contributed by atoms with Gasteiger partial charge in [0.2, 0.25) is 0 Å². The Hall–Kier alpha value is -2.66. The SMILES string of the molecule is COc1ccc(CN[C@H](C)c2cnn(-c3ccccc3)c2C)c(F)c1. The van der Waals surface area contributed by atoms with Crippen LogP contribution in [0.5, 0.6) is 5.75 Å². The molecule has 1 aromatic heterocycles. The Morgan fingerprint density at radius 1 is 1.20 bits per heavy atom. The monoisotopic (exact) mass is 339 g/mol. The van der Waals surface area contributed by atoms with E-state index in [0.717, 1.165) is 16.9 Å². The van der Waals surface area contributed by atoms with Crippen molar-refractivity contribution in [2.24, 2.45) is 0 Å². The standard InChI is InChI=1S/C20H22FN3O/c1-14(22-12-16-9-10-18(25-3)11-20(16)21)19-13-23-24(15(19)2)17-7-5-4-6-8-17/h4-11,13-14,22H,12H2,1-3H3/t14-/m1/s1. The van der Waals surface area contributed by atoms with Crippen LogP contribution in [-0.4, -0.2) is 16.9 Å². The normalized spacial score (nSPS) is 12.2. The zero-order valence-electron chi connectivity index (χ0n) is 14.7. The van der Waals surface area contributed by atoms with Crippen LogP contribution in [0.2, 0.25) is 0 Å². The van der Waals surface area contributed by atoms with Crippen molar-refractivity contribution in [2.75, 3.05) is 7.11 Å². The van der Waals surface area contributed by atoms with Gasteiger partial charge in [-0.05, 0) is 32.0 Å². The van der Waals surface area contributed by atoms with Crippen LogP contribution in [0.3, 0.4) is 0 Å². The van der Waals surface area contributed by atoms with Gasteiger partial charge in [-0.2, -0.15) is 5.10 Å². The number of aromatic nitrogens is 2. The Morgan fingerprint density at radius 2 is 1.96 bits per heavy atom. The predicted octanol–water partition coefficient (Wildman–Crippen LogP) is 4.18. The first-order valence-electron chi connectivity index (χ1n) is 8.26. The highest BCUT2D eigenvalue weighted by Gasteiger charge is 2.14. The lowest BCUT2D eigenvalue weighted by molar-refractivity contribution is 0.410. The molecule has 3 rings (SSSR count). The molecule has 1 heterocycles. The molecular formula is C20H22FN3O. The zero-order chi connectivity index (χ0) is 17.8. The smallest absolute Gasteiger partial charge is 0.131 e. The highest BCUT2D eigenvalue weighted by Crippen LogP contribution is 2.21. The molecule has 0 unspecified atom stereocenters. The summed E-state index contributed by atoms with van der Waals surface area (Å²) < 4.78 is 21.0. The molecule has 3 aromatic rings. The lowest BCUT2D eigenvalue weighted by atomic mass is 10.1. The summed E-state index contributed by atoms with van der Waals surface area (Å²) >= 11 is 0. The summed E-state index contributed by atoms with van der Waals surface area (Å²) in [5.74, 6) is 0.255. The molecule has 0 saturated heterocycles. The summed E-state index contributed by atoms with van der Waals surface area (Å²) in [7, 11) is 1.53. The van der Waals surface area contributed by atoms with E-state index in [1.165, 1.54) is 13.2 Å². The number of hydrogen-bond acceptors (Lipinski definition) is 3. The number of rotatable bonds is 6. The predicted molar refractivity (Wildman–Crippen MR) is 96.5 cm³/mol. The van der Waals surface area contributed by atoms with E-state index in [2.05, 4.69) is 17.3 Å². The van der Waals surface area contributed by atoms with E-state index in [0.29, 0.717) is 17.9 Å². The molecule has 1 atom stereocenters. The van der Waals surface area contributed by atoms with E-state index in [1.807, 2.05) is 48.1 Å². The topological polar surface area (TPSA) is 39.1 Å². The number of ether oxygens (including phenoxy) is 1. The molecule has 0 spiro atoms. The third kappa shape index (κ3) is 3.72. The van der Waals surface area contributed by atoms with Crippen LogP contribution in [0, 0.1) is 12.7 Å². The minimum absolute atomic E-state index is 0.0546. The third-order valence-electron chi connectivity index (χ3n) is 4.37. The van der Waals surface area contributed by atoms with Crippen LogP contribution in [0.1, 0.15) is 29.8 Å². The van der Waals surface area contributed by atoms with Gasteiger partial charge < -0.3 is 10.1 Å². The third-order valence-corrected chi connectivity index (χ3v) is 4.37. The van der Waals surface area contributed by atoms with Crippen molar-refractivity contribution in [3.05, 3.63) is 77.4 Å². The molecule has 5 heteroatoms. The van der Waals surface area contributed by atoms with Crippen LogP contribution in [0.15, 0.2) is 54.7 Å². The minimum Gasteiger partial charge on any atom is -0.497 e. The maximum Gasteiger partial charge on any atom is 0.131 e. The fourth-order valence-corrected chi connectivity index (χ4v) is 2.85. The molecule has 4 nitrogen and oxygen atoms in total. The molecule has 25 heavy (non-hydrogen) atoms. The Morgan fingerprint density at radius 3 is 2.64 bits per heavy atom. The first-order chi connectivity index (χ1) is 12.1. The van der Waals surface area contributed by atoms with Gasteiger partial charge in [-0.25, -0.2) is 9.07 Å². The lowest BCUT2D eigenvalue weighted by Gasteiger charge is -2.15. The number of nitrogens with one attached hydrogen (secondary N) is 1. The van der Waals surface area contributed by atoms with Gasteiger partial charge in [0.15, 0.2) is 0 Å². The molecular weight excluding hydrogens is 317 g/mol. The number of nitrogens with zero attached hydrogens (tertiary/aromatic N) is 2. The summed E-state index contributed by atoms with van der Waals surface area (Å²) in [5.41, 5.74) is 3.81. The zero-order valence-corrected chi connectivity index (χ0v) is 14.7. The Kier molecular flexibility index (Phi) is 5.14. The van der Waals surface area contributed by atoms with E-state index in [-0.39, 0.29) is 11.9 Å². The van der Waals surface area contributed by atoms with Gasteiger partial charge in [0.1, 0.15) is 11.6 Å². The minimum atomic E-state index is -0.268. The van der Waals surface area contributed by atoms with Crippen molar-refractivity contribution in [2.45, 2.75) is 26.4 Å². The first-order valence-corrected chi connectivity index (χ1v) is 8.26. The second-order valence-corrected chi connectivity index (χ2v) is 5.99. The number of halogens is 1. The quantitative estimate of drug-likeness (QED) is 0.732. The Balaban J connectivity index is 1.72. The van der Waals surface area contributed by atoms with E-state index >= 15 is 0 Å². The Bertz CT molecular complexity index is 845. The van der Waals surface area contributed by atoms with Gasteiger partial charge in [0, 0.05) is 35.5 Å². The molecule has 0 amide bonds. The van der Waals surface area contributed by atoms with Crippen molar-refractivity contribution in [3.63, 3.8) is 0 Å². The van der Waals surface area contributed by atoms with Gasteiger partial charge >= 0.3 is 0 Å². The van der Waals surface area contributed by atoms with Crippen LogP contribution < -0.4 is 10.1 Å². The Labute approximate surface area is 147 Å². The van der Waals surface area contributed by atoms with Gasteiger partial charge in [0.25, 0.3) is 0 Å². The van der Waals surface area contributed by atoms with Crippen molar-refractivity contribution >= 4 is 0 Å². The largest absolute Gasteiger partial charge is 0.497 e. The average Bonchev–Trinajstić information content (AvgIpc) is 3.02. The molecule has 0 radical (unpaired) electrons. The van der Waals surface area contributed by atoms with E-state index in [4.69, 9.17) is 4.74 Å². The molecule has 0 aliphatic heterocycles. The second-order valence-electron chi connectivity index (χ2n) is 5.99. The molecule has 2 aromatic carbocycles. The van der Waals surface area contributed by atoms with Gasteiger partial charge in [0.05, 0.1) is 19.0 Å². The maximum atomic E-state index is 14.1. The summed E-state index contributed by atoms with van der Waals surface area (Å²) in [6.07, 6.45) is 1.87. The van der Waals surface area contributed by atoms with Crippen LogP contribution in [-0.2, 0) is 6.54 Å². The molecule has 0 aliphatic rings. The summed E-state index contributed by atoms with van der Waals surface area (Å²) in [6, 6.07) is 15.0. The number of benzene rings is 2. The van der Waals surface area contributed by atoms with Crippen LogP contribution in [0.25, 0.3) is 5.69 Å². The summed E-state index contributed by atoms with van der Waals surface area (Å²) in [6.45, 7) is 4.54. The summed E-state index contributed by atoms with van der Waals surface area (Å²) in [4.78, 5) is 0. The second kappa shape index (κ2) is 7.49. The van der Waals surface area contributed by atoms with Gasteiger partial charge in [-0.3, -0.25) is 0 Å². The molecule has 0 saturated carbocycles. The van der Waals surface area contributed by atoms with E-state index in [9.17, 15) is 4.39 Å². The first kappa shape index (κ1) is 17.2. The van der Waals surface area contributed by atoms with Gasteiger partial charge in [-0.15, -0.1) is 0 Å². The maximum absolute atomic E-state index is 14.1. The summed E-state index contributed by atoms with van der Waals surface area (Å²) in [5, 5.41) is 7.85. The van der Waals surface area contributed by atoms with E-state index in [1.54, 1.807) is 12.1 Å². The molecule has 1 N–H and O–H groups in total. The average molecular weight is 339 g/mol. The fraction of sp³-hybridized carbons (Fsp3) is 0.250. The highest BCUT2D eigenvalue weighted by molar-refractivity contribution is 5.35. The molecule has 0 aliphatic carbocycles. The van der Waals surface area contributed by atoms with Crippen LogP contribution >= 0.6 is 0 Å². The van der Waals surface area contributed by atoms with Crippen molar-refractivity contribution in [1.29, 1.82) is 0 Å². The number of para-hydroxylation sites is 1. The number of methoxy groups -OCH3 is 1. The van der Waals surface area contributed by atoms with Crippen LogP contribution in [0.4, 0.5) is 4.39 Å². The van der Waals surface area contributed by atoms with E-state index < -0.39 is 0 Å². The highest BCUT2D eigenvalue weighted by atomic mass is 19.1. The lowest BCUT2D eigenvalue weighted by Crippen LogP contribution is -2.19.